The lowest BCUT2D eigenvalue weighted by Crippen LogP contribution is -2.21. The summed E-state index contributed by atoms with van der Waals surface area (Å²) in [6.45, 7) is 14.0. The van der Waals surface area contributed by atoms with Gasteiger partial charge in [0.05, 0.1) is 13.2 Å². The predicted molar refractivity (Wildman–Crippen MR) is 47.8 cm³/mol. The highest BCUT2D eigenvalue weighted by atomic mass is 15.4. The van der Waals surface area contributed by atoms with Crippen molar-refractivity contribution in [3.8, 4) is 0 Å². The zero-order valence-electron chi connectivity index (χ0n) is 6.79. The molecule has 0 radical (unpaired) electrons. The Morgan fingerprint density at radius 1 is 1.45 bits per heavy atom. The molecule has 1 aliphatic rings. The van der Waals surface area contributed by atoms with Crippen molar-refractivity contribution in [1.29, 1.82) is 0 Å². The topological polar surface area (TPSA) is 6.48 Å². The molecular formula is C9H14N2. The standard InChI is InChI=1S/C9H14N2/c1-4-6-11-8-10(5-2)7-9(11)3/h4-5H,1-3,6-8H2. The average molecular weight is 150 g/mol. The third-order valence-corrected chi connectivity index (χ3v) is 1.79. The monoisotopic (exact) mass is 150 g/mol. The van der Waals surface area contributed by atoms with Gasteiger partial charge in [0.25, 0.3) is 0 Å². The summed E-state index contributed by atoms with van der Waals surface area (Å²) in [6, 6.07) is 0. The molecule has 0 aromatic rings. The zero-order valence-corrected chi connectivity index (χ0v) is 6.79. The molecule has 1 heterocycles. The molecular weight excluding hydrogens is 136 g/mol. The molecule has 0 N–H and O–H groups in total. The van der Waals surface area contributed by atoms with Crippen LogP contribution in [0.2, 0.25) is 0 Å². The van der Waals surface area contributed by atoms with Crippen LogP contribution < -0.4 is 0 Å². The maximum atomic E-state index is 3.94. The van der Waals surface area contributed by atoms with Gasteiger partial charge in [0.15, 0.2) is 0 Å². The third-order valence-electron chi connectivity index (χ3n) is 1.79. The van der Waals surface area contributed by atoms with Gasteiger partial charge in [-0.1, -0.05) is 19.2 Å². The highest BCUT2D eigenvalue weighted by Gasteiger charge is 2.17. The Bertz CT molecular complexity index is 184. The van der Waals surface area contributed by atoms with E-state index in [2.05, 4.69) is 29.5 Å². The van der Waals surface area contributed by atoms with Gasteiger partial charge in [0, 0.05) is 12.2 Å². The van der Waals surface area contributed by atoms with Crippen LogP contribution in [0.25, 0.3) is 0 Å². The summed E-state index contributed by atoms with van der Waals surface area (Å²) in [4.78, 5) is 4.29. The minimum Gasteiger partial charge on any atom is -0.355 e. The number of nitrogens with zero attached hydrogens (tertiary/aromatic N) is 2. The van der Waals surface area contributed by atoms with Gasteiger partial charge in [-0.05, 0) is 6.20 Å². The van der Waals surface area contributed by atoms with Crippen molar-refractivity contribution < 1.29 is 0 Å². The Balaban J connectivity index is 2.50. The van der Waals surface area contributed by atoms with Gasteiger partial charge in [-0.25, -0.2) is 0 Å². The van der Waals surface area contributed by atoms with E-state index in [-0.39, 0.29) is 0 Å². The molecule has 0 spiro atoms. The van der Waals surface area contributed by atoms with E-state index in [0.717, 1.165) is 25.5 Å². The van der Waals surface area contributed by atoms with Crippen LogP contribution in [0, 0.1) is 0 Å². The molecule has 0 atom stereocenters. The molecule has 2 nitrogen and oxygen atoms in total. The molecule has 2 heteroatoms. The van der Waals surface area contributed by atoms with Crippen LogP contribution in [-0.4, -0.2) is 29.6 Å². The lowest BCUT2D eigenvalue weighted by Gasteiger charge is -2.16. The smallest absolute Gasteiger partial charge is 0.0902 e. The van der Waals surface area contributed by atoms with E-state index in [9.17, 15) is 0 Å². The second-order valence-electron chi connectivity index (χ2n) is 2.65. The Labute approximate surface area is 68.1 Å². The van der Waals surface area contributed by atoms with Gasteiger partial charge in [0.1, 0.15) is 0 Å². The molecule has 1 rings (SSSR count). The molecule has 0 aliphatic carbocycles. The maximum absolute atomic E-state index is 3.94. The van der Waals surface area contributed by atoms with Crippen molar-refractivity contribution in [2.45, 2.75) is 0 Å². The molecule has 0 aromatic heterocycles. The van der Waals surface area contributed by atoms with Crippen molar-refractivity contribution in [2.24, 2.45) is 0 Å². The van der Waals surface area contributed by atoms with E-state index in [1.807, 2.05) is 12.3 Å². The number of hydrogen-bond acceptors (Lipinski definition) is 2. The van der Waals surface area contributed by atoms with Gasteiger partial charge in [-0.3, -0.25) is 0 Å². The molecule has 0 aromatic carbocycles. The van der Waals surface area contributed by atoms with Crippen molar-refractivity contribution in [1.82, 2.24) is 9.80 Å². The summed E-state index contributed by atoms with van der Waals surface area (Å²) in [7, 11) is 0. The van der Waals surface area contributed by atoms with E-state index in [1.165, 1.54) is 0 Å². The largest absolute Gasteiger partial charge is 0.355 e. The first kappa shape index (κ1) is 7.92. The van der Waals surface area contributed by atoms with E-state index >= 15 is 0 Å². The van der Waals surface area contributed by atoms with Crippen molar-refractivity contribution in [2.75, 3.05) is 19.8 Å². The fourth-order valence-corrected chi connectivity index (χ4v) is 1.17. The van der Waals surface area contributed by atoms with Gasteiger partial charge in [-0.15, -0.1) is 6.58 Å². The Hall–Kier alpha value is -1.18. The average Bonchev–Trinajstić information content (AvgIpc) is 2.33. The van der Waals surface area contributed by atoms with Crippen molar-refractivity contribution >= 4 is 0 Å². The van der Waals surface area contributed by atoms with Crippen molar-refractivity contribution in [3.63, 3.8) is 0 Å². The maximum Gasteiger partial charge on any atom is 0.0902 e. The van der Waals surface area contributed by atoms with E-state index in [4.69, 9.17) is 0 Å². The molecule has 60 valence electrons. The van der Waals surface area contributed by atoms with Gasteiger partial charge in [0.2, 0.25) is 0 Å². The van der Waals surface area contributed by atoms with E-state index < -0.39 is 0 Å². The number of rotatable bonds is 3. The first-order valence-corrected chi connectivity index (χ1v) is 3.68. The van der Waals surface area contributed by atoms with Crippen LogP contribution in [0.1, 0.15) is 0 Å². The lowest BCUT2D eigenvalue weighted by atomic mass is 10.4. The second kappa shape index (κ2) is 3.28. The van der Waals surface area contributed by atoms with Crippen LogP contribution in [0.4, 0.5) is 0 Å². The fourth-order valence-electron chi connectivity index (χ4n) is 1.17. The first-order valence-electron chi connectivity index (χ1n) is 3.68. The Morgan fingerprint density at radius 2 is 2.18 bits per heavy atom. The highest BCUT2D eigenvalue weighted by Crippen LogP contribution is 2.13. The summed E-state index contributed by atoms with van der Waals surface area (Å²) >= 11 is 0. The molecule has 0 bridgehead atoms. The van der Waals surface area contributed by atoms with Gasteiger partial charge in [-0.2, -0.15) is 0 Å². The molecule has 1 fully saturated rings. The number of hydrogen-bond donors (Lipinski definition) is 0. The minimum absolute atomic E-state index is 0.878. The predicted octanol–water partition coefficient (Wildman–Crippen LogP) is 1.40. The fraction of sp³-hybridized carbons (Fsp3) is 0.333. The van der Waals surface area contributed by atoms with Crippen LogP contribution in [0.3, 0.4) is 0 Å². The quantitative estimate of drug-likeness (QED) is 0.561. The van der Waals surface area contributed by atoms with Crippen LogP contribution in [-0.2, 0) is 0 Å². The van der Waals surface area contributed by atoms with Gasteiger partial charge < -0.3 is 9.80 Å². The second-order valence-corrected chi connectivity index (χ2v) is 2.65. The summed E-state index contributed by atoms with van der Waals surface area (Å²) < 4.78 is 0. The first-order chi connectivity index (χ1) is 5.27. The zero-order chi connectivity index (χ0) is 8.27. The van der Waals surface area contributed by atoms with E-state index in [1.54, 1.807) is 0 Å². The molecule has 0 amide bonds. The molecule has 0 saturated carbocycles. The van der Waals surface area contributed by atoms with Crippen molar-refractivity contribution in [3.05, 3.63) is 37.7 Å². The van der Waals surface area contributed by atoms with Gasteiger partial charge >= 0.3 is 0 Å². The summed E-state index contributed by atoms with van der Waals surface area (Å²) in [5.41, 5.74) is 1.14. The summed E-state index contributed by atoms with van der Waals surface area (Å²) in [5.74, 6) is 0. The van der Waals surface area contributed by atoms with Crippen LogP contribution >= 0.6 is 0 Å². The molecule has 1 saturated heterocycles. The van der Waals surface area contributed by atoms with E-state index in [0.29, 0.717) is 0 Å². The SMILES string of the molecule is C=CCN1CN(C=C)CC1=C. The molecule has 11 heavy (non-hydrogen) atoms. The molecule has 0 unspecified atom stereocenters. The summed E-state index contributed by atoms with van der Waals surface area (Å²) in [6.07, 6.45) is 3.73. The Kier molecular flexibility index (Phi) is 2.36. The minimum atomic E-state index is 0.878. The third kappa shape index (κ3) is 1.64. The normalized spacial score (nSPS) is 17.3. The Morgan fingerprint density at radius 3 is 2.64 bits per heavy atom. The molecule has 1 aliphatic heterocycles. The highest BCUT2D eigenvalue weighted by molar-refractivity contribution is 5.05. The lowest BCUT2D eigenvalue weighted by molar-refractivity contribution is 0.334. The summed E-state index contributed by atoms with van der Waals surface area (Å²) in [5, 5.41) is 0. The van der Waals surface area contributed by atoms with Crippen LogP contribution in [0.5, 0.6) is 0 Å². The van der Waals surface area contributed by atoms with Crippen LogP contribution in [0.15, 0.2) is 37.7 Å².